The van der Waals surface area contributed by atoms with Crippen LogP contribution in [0, 0.1) is 0 Å². The Labute approximate surface area is 80.3 Å². The third kappa shape index (κ3) is 1.19. The van der Waals surface area contributed by atoms with Crippen molar-refractivity contribution in [2.45, 2.75) is 26.4 Å². The minimum absolute atomic E-state index is 0.918. The summed E-state index contributed by atoms with van der Waals surface area (Å²) in [5, 5.41) is 7.78. The largest absolute Gasteiger partial charge is 0.311 e. The molecule has 0 radical (unpaired) electrons. The van der Waals surface area contributed by atoms with Gasteiger partial charge < -0.3 is 5.32 Å². The van der Waals surface area contributed by atoms with Crippen molar-refractivity contribution in [2.24, 2.45) is 0 Å². The fraction of sp³-hybridized carbons (Fsp3) is 0.625. The van der Waals surface area contributed by atoms with Crippen LogP contribution in [0.25, 0.3) is 0 Å². The van der Waals surface area contributed by atoms with Crippen molar-refractivity contribution in [1.29, 1.82) is 0 Å². The molecular weight excluding hydrogens is 218 g/mol. The second-order valence-electron chi connectivity index (χ2n) is 2.96. The number of hydrogen-bond acceptors (Lipinski definition) is 2. The fourth-order valence-electron chi connectivity index (χ4n) is 1.54. The van der Waals surface area contributed by atoms with E-state index in [1.807, 2.05) is 4.68 Å². The zero-order chi connectivity index (χ0) is 8.55. The highest BCUT2D eigenvalue weighted by molar-refractivity contribution is 9.10. The Morgan fingerprint density at radius 1 is 1.67 bits per heavy atom. The number of hydrogen-bond donors (Lipinski definition) is 1. The maximum atomic E-state index is 4.48. The summed E-state index contributed by atoms with van der Waals surface area (Å²) < 4.78 is 3.18. The van der Waals surface area contributed by atoms with Gasteiger partial charge in [0, 0.05) is 18.7 Å². The Morgan fingerprint density at radius 3 is 3.17 bits per heavy atom. The minimum Gasteiger partial charge on any atom is -0.311 e. The van der Waals surface area contributed by atoms with E-state index in [0.717, 1.165) is 26.1 Å². The predicted octanol–water partition coefficient (Wildman–Crippen LogP) is 1.31. The fourth-order valence-corrected chi connectivity index (χ4v) is 2.30. The molecule has 0 spiro atoms. The smallest absolute Gasteiger partial charge is 0.107 e. The Balaban J connectivity index is 2.44. The molecule has 66 valence electrons. The molecule has 1 aliphatic heterocycles. The van der Waals surface area contributed by atoms with Gasteiger partial charge in [-0.3, -0.25) is 4.68 Å². The second-order valence-corrected chi connectivity index (χ2v) is 3.71. The van der Waals surface area contributed by atoms with Crippen molar-refractivity contribution < 1.29 is 0 Å². The summed E-state index contributed by atoms with van der Waals surface area (Å²) in [6.45, 7) is 5.03. The highest BCUT2D eigenvalue weighted by Crippen LogP contribution is 2.22. The van der Waals surface area contributed by atoms with Crippen molar-refractivity contribution in [2.75, 3.05) is 6.54 Å². The Morgan fingerprint density at radius 2 is 2.50 bits per heavy atom. The number of aryl methyl sites for hydroxylation is 1. The van der Waals surface area contributed by atoms with E-state index in [-0.39, 0.29) is 0 Å². The molecule has 1 aromatic rings. The lowest BCUT2D eigenvalue weighted by molar-refractivity contribution is 0.606. The highest BCUT2D eigenvalue weighted by Gasteiger charge is 2.17. The van der Waals surface area contributed by atoms with Crippen molar-refractivity contribution in [1.82, 2.24) is 15.1 Å². The summed E-state index contributed by atoms with van der Waals surface area (Å²) >= 11 is 3.57. The molecule has 2 rings (SSSR count). The maximum Gasteiger partial charge on any atom is 0.107 e. The van der Waals surface area contributed by atoms with Gasteiger partial charge in [0.2, 0.25) is 0 Å². The van der Waals surface area contributed by atoms with E-state index in [0.29, 0.717) is 0 Å². The zero-order valence-electron chi connectivity index (χ0n) is 7.10. The van der Waals surface area contributed by atoms with Gasteiger partial charge >= 0.3 is 0 Å². The summed E-state index contributed by atoms with van der Waals surface area (Å²) in [6.07, 6.45) is 1.09. The molecule has 0 fully saturated rings. The van der Waals surface area contributed by atoms with Crippen molar-refractivity contribution in [3.05, 3.63) is 15.9 Å². The van der Waals surface area contributed by atoms with Crippen LogP contribution < -0.4 is 5.32 Å². The van der Waals surface area contributed by atoms with Gasteiger partial charge in [-0.15, -0.1) is 0 Å². The van der Waals surface area contributed by atoms with Crippen LogP contribution in [0.1, 0.15) is 18.2 Å². The Kier molecular flexibility index (Phi) is 2.19. The number of aromatic nitrogens is 2. The average molecular weight is 230 g/mol. The molecule has 2 heterocycles. The lowest BCUT2D eigenvalue weighted by Gasteiger charge is -2.10. The Hall–Kier alpha value is -0.350. The molecule has 0 amide bonds. The van der Waals surface area contributed by atoms with E-state index < -0.39 is 0 Å². The number of fused-ring (bicyclic) bond motifs is 1. The molecule has 1 aliphatic rings. The molecule has 4 heteroatoms. The molecule has 12 heavy (non-hydrogen) atoms. The summed E-state index contributed by atoms with van der Waals surface area (Å²) in [5.41, 5.74) is 2.59. The quantitative estimate of drug-likeness (QED) is 0.788. The van der Waals surface area contributed by atoms with Gasteiger partial charge in [-0.2, -0.15) is 5.10 Å². The van der Waals surface area contributed by atoms with E-state index >= 15 is 0 Å². The van der Waals surface area contributed by atoms with Crippen molar-refractivity contribution in [3.63, 3.8) is 0 Å². The van der Waals surface area contributed by atoms with Crippen LogP contribution in [0.4, 0.5) is 0 Å². The first-order valence-electron chi connectivity index (χ1n) is 4.27. The second kappa shape index (κ2) is 3.18. The summed E-state index contributed by atoms with van der Waals surface area (Å²) in [6, 6.07) is 0. The highest BCUT2D eigenvalue weighted by atomic mass is 79.9. The first-order valence-corrected chi connectivity index (χ1v) is 5.07. The van der Waals surface area contributed by atoms with E-state index in [2.05, 4.69) is 33.3 Å². The third-order valence-corrected chi connectivity index (χ3v) is 3.10. The number of halogens is 1. The number of rotatable bonds is 1. The first kappa shape index (κ1) is 8.26. The third-order valence-electron chi connectivity index (χ3n) is 2.21. The molecular formula is C8H12BrN3. The lowest BCUT2D eigenvalue weighted by Crippen LogP contribution is -2.23. The van der Waals surface area contributed by atoms with Crippen LogP contribution >= 0.6 is 15.9 Å². The molecule has 3 nitrogen and oxygen atoms in total. The molecule has 0 atom stereocenters. The molecule has 0 bridgehead atoms. The van der Waals surface area contributed by atoms with Crippen LogP contribution in [-0.2, 0) is 19.5 Å². The van der Waals surface area contributed by atoms with Gasteiger partial charge in [-0.1, -0.05) is 0 Å². The number of nitrogens with one attached hydrogen (secondary N) is 1. The molecule has 0 unspecified atom stereocenters. The minimum atomic E-state index is 0.918. The van der Waals surface area contributed by atoms with Crippen molar-refractivity contribution >= 4 is 15.9 Å². The standard InChI is InChI=1S/C8H12BrN3/c1-2-12-8(9)6-3-4-10-5-7(6)11-12/h10H,2-5H2,1H3. The molecule has 1 N–H and O–H groups in total. The van der Waals surface area contributed by atoms with Crippen molar-refractivity contribution in [3.8, 4) is 0 Å². The Bertz CT molecular complexity index is 293. The molecule has 0 aromatic carbocycles. The van der Waals surface area contributed by atoms with Gasteiger partial charge in [-0.25, -0.2) is 0 Å². The van der Waals surface area contributed by atoms with Gasteiger partial charge in [0.25, 0.3) is 0 Å². The monoisotopic (exact) mass is 229 g/mol. The van der Waals surface area contributed by atoms with Crippen LogP contribution in [0.15, 0.2) is 4.60 Å². The average Bonchev–Trinajstić information content (AvgIpc) is 2.44. The van der Waals surface area contributed by atoms with E-state index in [1.165, 1.54) is 15.9 Å². The molecule has 0 saturated heterocycles. The summed E-state index contributed by atoms with van der Waals surface area (Å²) in [4.78, 5) is 0. The van der Waals surface area contributed by atoms with Crippen LogP contribution in [-0.4, -0.2) is 16.3 Å². The lowest BCUT2D eigenvalue weighted by atomic mass is 10.1. The SMILES string of the molecule is CCn1nc2c(c1Br)CCNC2. The van der Waals surface area contributed by atoms with Gasteiger partial charge in [-0.05, 0) is 35.8 Å². The van der Waals surface area contributed by atoms with E-state index in [1.54, 1.807) is 0 Å². The summed E-state index contributed by atoms with van der Waals surface area (Å²) in [7, 11) is 0. The first-order chi connectivity index (χ1) is 5.83. The van der Waals surface area contributed by atoms with E-state index in [9.17, 15) is 0 Å². The van der Waals surface area contributed by atoms with Gasteiger partial charge in [0.15, 0.2) is 0 Å². The topological polar surface area (TPSA) is 29.9 Å². The van der Waals surface area contributed by atoms with Crippen LogP contribution in [0.2, 0.25) is 0 Å². The predicted molar refractivity (Wildman–Crippen MR) is 51.0 cm³/mol. The van der Waals surface area contributed by atoms with Gasteiger partial charge in [0.1, 0.15) is 4.60 Å². The van der Waals surface area contributed by atoms with Crippen LogP contribution in [0.5, 0.6) is 0 Å². The van der Waals surface area contributed by atoms with E-state index in [4.69, 9.17) is 0 Å². The normalized spacial score (nSPS) is 16.2. The zero-order valence-corrected chi connectivity index (χ0v) is 8.69. The van der Waals surface area contributed by atoms with Gasteiger partial charge in [0.05, 0.1) is 5.69 Å². The van der Waals surface area contributed by atoms with Crippen LogP contribution in [0.3, 0.4) is 0 Å². The molecule has 0 aliphatic carbocycles. The molecule has 0 saturated carbocycles. The maximum absolute atomic E-state index is 4.48. The summed E-state index contributed by atoms with van der Waals surface area (Å²) in [5.74, 6) is 0. The number of nitrogens with zero attached hydrogens (tertiary/aromatic N) is 2. The molecule has 1 aromatic heterocycles.